The summed E-state index contributed by atoms with van der Waals surface area (Å²) in [7, 11) is 0. The third-order valence-electron chi connectivity index (χ3n) is 4.76. The molecule has 0 saturated heterocycles. The average Bonchev–Trinajstić information content (AvgIpc) is 3.22. The highest BCUT2D eigenvalue weighted by molar-refractivity contribution is 8.00. The fourth-order valence-corrected chi connectivity index (χ4v) is 5.06. The predicted molar refractivity (Wildman–Crippen MR) is 120 cm³/mol. The monoisotopic (exact) mass is 477 g/mol. The van der Waals surface area contributed by atoms with Gasteiger partial charge in [0.15, 0.2) is 5.16 Å². The summed E-state index contributed by atoms with van der Waals surface area (Å²) >= 11 is 2.54. The van der Waals surface area contributed by atoms with E-state index in [4.69, 9.17) is 0 Å². The molecule has 0 atom stereocenters. The van der Waals surface area contributed by atoms with Crippen molar-refractivity contribution in [2.45, 2.75) is 29.6 Å². The van der Waals surface area contributed by atoms with Crippen LogP contribution < -0.4 is 10.9 Å². The topological polar surface area (TPSA) is 64.0 Å². The van der Waals surface area contributed by atoms with Crippen LogP contribution in [0.5, 0.6) is 0 Å². The van der Waals surface area contributed by atoms with Crippen molar-refractivity contribution in [3.63, 3.8) is 0 Å². The number of hydrogen-bond donors (Lipinski definition) is 1. The van der Waals surface area contributed by atoms with Crippen molar-refractivity contribution in [1.29, 1.82) is 0 Å². The van der Waals surface area contributed by atoms with E-state index in [9.17, 15) is 22.8 Å². The summed E-state index contributed by atoms with van der Waals surface area (Å²) in [6.07, 6.45) is -3.82. The van der Waals surface area contributed by atoms with E-state index in [1.165, 1.54) is 28.5 Å². The highest BCUT2D eigenvalue weighted by Gasteiger charge is 2.30. The summed E-state index contributed by atoms with van der Waals surface area (Å²) < 4.78 is 40.2. The smallest absolute Gasteiger partial charge is 0.325 e. The van der Waals surface area contributed by atoms with Gasteiger partial charge in [0.1, 0.15) is 0 Å². The molecule has 1 aliphatic heterocycles. The Morgan fingerprint density at radius 1 is 1.22 bits per heavy atom. The van der Waals surface area contributed by atoms with Crippen LogP contribution in [-0.2, 0) is 17.4 Å². The lowest BCUT2D eigenvalue weighted by molar-refractivity contribution is -0.137. The maximum atomic E-state index is 13.1. The normalized spacial score (nSPS) is 13.1. The van der Waals surface area contributed by atoms with Gasteiger partial charge in [-0.05, 0) is 37.3 Å². The zero-order chi connectivity index (χ0) is 22.9. The quantitative estimate of drug-likeness (QED) is 0.417. The molecule has 2 heterocycles. The lowest BCUT2D eigenvalue weighted by Gasteiger charge is -2.14. The Bertz CT molecular complexity index is 1220. The largest absolute Gasteiger partial charge is 0.416 e. The molecule has 10 heteroatoms. The molecule has 1 aliphatic rings. The molecule has 166 valence electrons. The third kappa shape index (κ3) is 4.86. The van der Waals surface area contributed by atoms with Crippen molar-refractivity contribution < 1.29 is 18.0 Å². The molecule has 0 aliphatic carbocycles. The van der Waals surface area contributed by atoms with Crippen LogP contribution in [0.25, 0.3) is 5.69 Å². The van der Waals surface area contributed by atoms with Crippen LogP contribution in [0.15, 0.2) is 63.4 Å². The fraction of sp³-hybridized carbons (Fsp3) is 0.227. The molecular formula is C22H18F3N3O2S2. The molecule has 2 aromatic carbocycles. The van der Waals surface area contributed by atoms with Crippen molar-refractivity contribution in [2.75, 3.05) is 16.8 Å². The maximum absolute atomic E-state index is 13.1. The Hall–Kier alpha value is -2.72. The maximum Gasteiger partial charge on any atom is 0.416 e. The van der Waals surface area contributed by atoms with Crippen LogP contribution in [0.3, 0.4) is 0 Å². The molecule has 0 saturated carbocycles. The van der Waals surface area contributed by atoms with Crippen molar-refractivity contribution in [3.8, 4) is 5.69 Å². The first-order chi connectivity index (χ1) is 15.2. The van der Waals surface area contributed by atoms with Crippen molar-refractivity contribution >= 4 is 35.1 Å². The lowest BCUT2D eigenvalue weighted by Crippen LogP contribution is -2.24. The average molecular weight is 478 g/mol. The minimum absolute atomic E-state index is 0.0552. The number of halogens is 3. The fourth-order valence-electron chi connectivity index (χ4n) is 3.21. The van der Waals surface area contributed by atoms with Crippen molar-refractivity contribution in [3.05, 3.63) is 75.7 Å². The number of carbonyl (C=O) groups excluding carboxylic acids is 1. The first-order valence-electron chi connectivity index (χ1n) is 9.68. The Balaban J connectivity index is 1.57. The lowest BCUT2D eigenvalue weighted by atomic mass is 10.2. The Morgan fingerprint density at radius 3 is 2.69 bits per heavy atom. The second-order valence-electron chi connectivity index (χ2n) is 7.16. The number of thioether (sulfide) groups is 2. The van der Waals surface area contributed by atoms with Crippen molar-refractivity contribution in [1.82, 2.24) is 9.55 Å². The minimum Gasteiger partial charge on any atom is -0.325 e. The number of carbonyl (C=O) groups is 1. The van der Waals surface area contributed by atoms with Gasteiger partial charge in [-0.3, -0.25) is 14.2 Å². The summed E-state index contributed by atoms with van der Waals surface area (Å²) in [6.45, 7) is 1.94. The van der Waals surface area contributed by atoms with Gasteiger partial charge in [0.2, 0.25) is 5.91 Å². The molecule has 3 aromatic rings. The van der Waals surface area contributed by atoms with Gasteiger partial charge in [-0.2, -0.15) is 13.2 Å². The number of aryl methyl sites for hydroxylation is 2. The SMILES string of the molecule is Cc1ccc(-n2c(SCC(=O)Nc3cccc(C(F)(F)F)c3)nc3c(c2=O)SCC3)cc1. The number of benzene rings is 2. The van der Waals surface area contributed by atoms with Gasteiger partial charge in [-0.1, -0.05) is 35.5 Å². The number of anilines is 1. The molecule has 0 radical (unpaired) electrons. The van der Waals surface area contributed by atoms with Gasteiger partial charge in [-0.15, -0.1) is 11.8 Å². The molecule has 5 nitrogen and oxygen atoms in total. The third-order valence-corrected chi connectivity index (χ3v) is 6.81. The zero-order valence-corrected chi connectivity index (χ0v) is 18.5. The number of alkyl halides is 3. The van der Waals surface area contributed by atoms with Gasteiger partial charge < -0.3 is 5.32 Å². The van der Waals surface area contributed by atoms with E-state index in [2.05, 4.69) is 10.3 Å². The molecule has 1 amide bonds. The molecule has 4 rings (SSSR count). The van der Waals surface area contributed by atoms with Crippen LogP contribution in [0.1, 0.15) is 16.8 Å². The number of rotatable bonds is 5. The Labute approximate surface area is 190 Å². The zero-order valence-electron chi connectivity index (χ0n) is 16.9. The summed E-state index contributed by atoms with van der Waals surface area (Å²) in [5.74, 6) is 0.171. The standard InChI is InChI=1S/C22H18F3N3O2S2/c1-13-5-7-16(8-6-13)28-20(30)19-17(9-10-31-19)27-21(28)32-12-18(29)26-15-4-2-3-14(11-15)22(23,24)25/h2-8,11H,9-10,12H2,1H3,(H,26,29). The van der Waals surface area contributed by atoms with Crippen LogP contribution in [-0.4, -0.2) is 27.0 Å². The molecule has 0 spiro atoms. The van der Waals surface area contributed by atoms with Gasteiger partial charge in [0, 0.05) is 17.9 Å². The second kappa shape index (κ2) is 9.03. The summed E-state index contributed by atoms with van der Waals surface area (Å²) in [4.78, 5) is 30.8. The number of nitrogens with one attached hydrogen (secondary N) is 1. The van der Waals surface area contributed by atoms with Crippen LogP contribution >= 0.6 is 23.5 Å². The number of amides is 1. The van der Waals surface area contributed by atoms with Gasteiger partial charge >= 0.3 is 6.18 Å². The Morgan fingerprint density at radius 2 is 1.97 bits per heavy atom. The second-order valence-corrected chi connectivity index (χ2v) is 9.21. The van der Waals surface area contributed by atoms with Gasteiger partial charge in [0.25, 0.3) is 5.56 Å². The molecule has 0 fully saturated rings. The van der Waals surface area contributed by atoms with E-state index < -0.39 is 17.6 Å². The molecule has 1 aromatic heterocycles. The van der Waals surface area contributed by atoms with E-state index in [1.807, 2.05) is 31.2 Å². The molecule has 0 bridgehead atoms. The Kier molecular flexibility index (Phi) is 6.34. The van der Waals surface area contributed by atoms with Crippen LogP contribution in [0, 0.1) is 6.92 Å². The predicted octanol–water partition coefficient (Wildman–Crippen LogP) is 4.94. The molecule has 0 unspecified atom stereocenters. The van der Waals surface area contributed by atoms with E-state index in [0.717, 1.165) is 35.2 Å². The summed E-state index contributed by atoms with van der Waals surface area (Å²) in [6, 6.07) is 11.9. The number of nitrogens with zero attached hydrogens (tertiary/aromatic N) is 2. The van der Waals surface area contributed by atoms with E-state index in [0.29, 0.717) is 27.9 Å². The summed E-state index contributed by atoms with van der Waals surface area (Å²) in [5, 5.41) is 2.85. The van der Waals surface area contributed by atoms with Gasteiger partial charge in [0.05, 0.1) is 27.6 Å². The highest BCUT2D eigenvalue weighted by Crippen LogP contribution is 2.32. The van der Waals surface area contributed by atoms with Crippen molar-refractivity contribution in [2.24, 2.45) is 0 Å². The molecular weight excluding hydrogens is 459 g/mol. The van der Waals surface area contributed by atoms with E-state index in [-0.39, 0.29) is 17.0 Å². The van der Waals surface area contributed by atoms with Gasteiger partial charge in [-0.25, -0.2) is 4.98 Å². The minimum atomic E-state index is -4.49. The number of fused-ring (bicyclic) bond motifs is 1. The molecule has 32 heavy (non-hydrogen) atoms. The number of hydrogen-bond acceptors (Lipinski definition) is 5. The first kappa shape index (κ1) is 22.5. The van der Waals surface area contributed by atoms with E-state index in [1.54, 1.807) is 0 Å². The van der Waals surface area contributed by atoms with E-state index >= 15 is 0 Å². The van der Waals surface area contributed by atoms with Crippen LogP contribution in [0.2, 0.25) is 0 Å². The van der Waals surface area contributed by atoms with Crippen LogP contribution in [0.4, 0.5) is 18.9 Å². The molecule has 1 N–H and O–H groups in total. The highest BCUT2D eigenvalue weighted by atomic mass is 32.2. The summed E-state index contributed by atoms with van der Waals surface area (Å²) in [5.41, 5.74) is 1.43. The first-order valence-corrected chi connectivity index (χ1v) is 11.6. The number of aromatic nitrogens is 2.